The molecule has 0 spiro atoms. The second kappa shape index (κ2) is 12.9. The van der Waals surface area contributed by atoms with Crippen molar-refractivity contribution in [2.24, 2.45) is 4.99 Å². The number of guanidine groups is 1. The summed E-state index contributed by atoms with van der Waals surface area (Å²) in [6.45, 7) is 4.84. The fraction of sp³-hybridized carbons (Fsp3) is 0.562. The summed E-state index contributed by atoms with van der Waals surface area (Å²) in [5.74, 6) is 3.21. The van der Waals surface area contributed by atoms with Gasteiger partial charge in [0.2, 0.25) is 0 Å². The van der Waals surface area contributed by atoms with Gasteiger partial charge in [0.1, 0.15) is 0 Å². The van der Waals surface area contributed by atoms with E-state index in [0.717, 1.165) is 37.8 Å². The van der Waals surface area contributed by atoms with E-state index in [1.807, 2.05) is 23.5 Å². The smallest absolute Gasteiger partial charge is 0.191 e. The average molecular weight is 326 g/mol. The Hall–Kier alpha value is -0.810. The van der Waals surface area contributed by atoms with Crippen molar-refractivity contribution in [3.05, 3.63) is 30.3 Å². The summed E-state index contributed by atoms with van der Waals surface area (Å²) in [4.78, 5) is 5.92. The third-order valence-corrected chi connectivity index (χ3v) is 4.49. The van der Waals surface area contributed by atoms with Gasteiger partial charge in [-0.05, 0) is 43.9 Å². The molecule has 0 unspecified atom stereocenters. The van der Waals surface area contributed by atoms with Gasteiger partial charge in [-0.25, -0.2) is 0 Å². The van der Waals surface area contributed by atoms with Gasteiger partial charge in [0, 0.05) is 30.3 Å². The van der Waals surface area contributed by atoms with Crippen LogP contribution in [0.2, 0.25) is 0 Å². The quantitative estimate of drug-likeness (QED) is 0.299. The zero-order valence-electron chi connectivity index (χ0n) is 13.1. The minimum atomic E-state index is 0.904. The molecule has 5 heteroatoms. The van der Waals surface area contributed by atoms with E-state index in [1.165, 1.54) is 17.1 Å². The van der Waals surface area contributed by atoms with Crippen molar-refractivity contribution in [1.29, 1.82) is 0 Å². The Kier molecular flexibility index (Phi) is 11.2. The van der Waals surface area contributed by atoms with Crippen LogP contribution in [-0.2, 0) is 0 Å². The number of thioether (sulfide) groups is 2. The van der Waals surface area contributed by atoms with Crippen LogP contribution in [0.15, 0.2) is 40.2 Å². The maximum Gasteiger partial charge on any atom is 0.191 e. The van der Waals surface area contributed by atoms with E-state index in [1.54, 1.807) is 0 Å². The van der Waals surface area contributed by atoms with Crippen LogP contribution >= 0.6 is 23.5 Å². The molecule has 0 atom stereocenters. The van der Waals surface area contributed by atoms with E-state index in [9.17, 15) is 0 Å². The molecule has 0 radical (unpaired) electrons. The van der Waals surface area contributed by atoms with E-state index >= 15 is 0 Å². The molecule has 1 aromatic carbocycles. The van der Waals surface area contributed by atoms with Gasteiger partial charge in [0.15, 0.2) is 5.96 Å². The zero-order valence-corrected chi connectivity index (χ0v) is 14.7. The van der Waals surface area contributed by atoms with Crippen LogP contribution < -0.4 is 10.6 Å². The maximum atomic E-state index is 4.61. The number of rotatable bonds is 10. The third kappa shape index (κ3) is 9.69. The Labute approximate surface area is 137 Å². The molecule has 1 rings (SSSR count). The molecule has 0 aliphatic rings. The first kappa shape index (κ1) is 18.2. The number of nitrogens with one attached hydrogen (secondary N) is 2. The lowest BCUT2D eigenvalue weighted by atomic mass is 10.3. The molecule has 21 heavy (non-hydrogen) atoms. The van der Waals surface area contributed by atoms with Gasteiger partial charge < -0.3 is 10.6 Å². The first-order chi connectivity index (χ1) is 10.4. The first-order valence-corrected chi connectivity index (χ1v) is 9.93. The van der Waals surface area contributed by atoms with Crippen LogP contribution in [0, 0.1) is 0 Å². The SMILES string of the molecule is CCNC(=NCCCCSC)NCCSc1ccccc1. The molecular formula is C16H27N3S2. The number of nitrogens with zero attached hydrogens (tertiary/aromatic N) is 1. The van der Waals surface area contributed by atoms with Crippen molar-refractivity contribution in [3.8, 4) is 0 Å². The highest BCUT2D eigenvalue weighted by Crippen LogP contribution is 2.15. The van der Waals surface area contributed by atoms with Crippen molar-refractivity contribution < 1.29 is 0 Å². The van der Waals surface area contributed by atoms with Gasteiger partial charge in [0.05, 0.1) is 0 Å². The maximum absolute atomic E-state index is 4.61. The standard InChI is InChI=1S/C16H27N3S2/c1-3-17-16(18-11-7-8-13-20-2)19-12-14-21-15-9-5-4-6-10-15/h4-6,9-10H,3,7-8,11-14H2,1-2H3,(H2,17,18,19). The van der Waals surface area contributed by atoms with E-state index in [2.05, 4.69) is 59.1 Å². The van der Waals surface area contributed by atoms with Gasteiger partial charge in [-0.2, -0.15) is 11.8 Å². The Morgan fingerprint density at radius 3 is 2.62 bits per heavy atom. The van der Waals surface area contributed by atoms with Gasteiger partial charge >= 0.3 is 0 Å². The van der Waals surface area contributed by atoms with E-state index in [4.69, 9.17) is 0 Å². The molecule has 0 aliphatic heterocycles. The molecule has 0 bridgehead atoms. The molecule has 0 saturated heterocycles. The molecule has 0 amide bonds. The molecule has 2 N–H and O–H groups in total. The normalized spacial score (nSPS) is 11.4. The zero-order chi connectivity index (χ0) is 15.2. The molecular weight excluding hydrogens is 298 g/mol. The van der Waals surface area contributed by atoms with Gasteiger partial charge in [-0.15, -0.1) is 11.8 Å². The van der Waals surface area contributed by atoms with Gasteiger partial charge in [-0.3, -0.25) is 4.99 Å². The number of hydrogen-bond donors (Lipinski definition) is 2. The van der Waals surface area contributed by atoms with Crippen LogP contribution in [-0.4, -0.2) is 43.4 Å². The van der Waals surface area contributed by atoms with E-state index in [-0.39, 0.29) is 0 Å². The van der Waals surface area contributed by atoms with Crippen LogP contribution in [0.4, 0.5) is 0 Å². The highest BCUT2D eigenvalue weighted by atomic mass is 32.2. The summed E-state index contributed by atoms with van der Waals surface area (Å²) in [6.07, 6.45) is 4.56. The Morgan fingerprint density at radius 1 is 1.10 bits per heavy atom. The minimum absolute atomic E-state index is 0.904. The van der Waals surface area contributed by atoms with Crippen LogP contribution in [0.1, 0.15) is 19.8 Å². The summed E-state index contributed by atoms with van der Waals surface area (Å²) in [6, 6.07) is 10.5. The second-order valence-corrected chi connectivity index (χ2v) is 6.70. The van der Waals surface area contributed by atoms with Crippen molar-refractivity contribution in [2.45, 2.75) is 24.7 Å². The Morgan fingerprint density at radius 2 is 1.90 bits per heavy atom. The van der Waals surface area contributed by atoms with Crippen molar-refractivity contribution in [3.63, 3.8) is 0 Å². The molecule has 0 saturated carbocycles. The van der Waals surface area contributed by atoms with Crippen molar-refractivity contribution in [1.82, 2.24) is 10.6 Å². The lowest BCUT2D eigenvalue weighted by molar-refractivity contribution is 0.786. The molecule has 1 aromatic rings. The first-order valence-electron chi connectivity index (χ1n) is 7.55. The van der Waals surface area contributed by atoms with Gasteiger partial charge in [-0.1, -0.05) is 18.2 Å². The lowest BCUT2D eigenvalue weighted by Gasteiger charge is -2.11. The lowest BCUT2D eigenvalue weighted by Crippen LogP contribution is -2.38. The van der Waals surface area contributed by atoms with Crippen LogP contribution in [0.25, 0.3) is 0 Å². The fourth-order valence-electron chi connectivity index (χ4n) is 1.75. The molecule has 0 fully saturated rings. The molecule has 0 aliphatic carbocycles. The second-order valence-electron chi connectivity index (χ2n) is 4.55. The third-order valence-electron chi connectivity index (χ3n) is 2.78. The summed E-state index contributed by atoms with van der Waals surface area (Å²) in [5, 5.41) is 6.69. The van der Waals surface area contributed by atoms with E-state index < -0.39 is 0 Å². The topological polar surface area (TPSA) is 36.4 Å². The predicted molar refractivity (Wildman–Crippen MR) is 98.8 cm³/mol. The predicted octanol–water partition coefficient (Wildman–Crippen LogP) is 3.48. The molecule has 0 aromatic heterocycles. The van der Waals surface area contributed by atoms with Crippen LogP contribution in [0.5, 0.6) is 0 Å². The number of aliphatic imine (C=N–C) groups is 1. The number of benzene rings is 1. The highest BCUT2D eigenvalue weighted by Gasteiger charge is 1.97. The summed E-state index contributed by atoms with van der Waals surface area (Å²) in [5.41, 5.74) is 0. The Bertz CT molecular complexity index is 382. The average Bonchev–Trinajstić information content (AvgIpc) is 2.52. The molecule has 0 heterocycles. The van der Waals surface area contributed by atoms with Crippen LogP contribution in [0.3, 0.4) is 0 Å². The molecule has 3 nitrogen and oxygen atoms in total. The summed E-state index contributed by atoms with van der Waals surface area (Å²) in [7, 11) is 0. The summed E-state index contributed by atoms with van der Waals surface area (Å²) >= 11 is 3.77. The monoisotopic (exact) mass is 325 g/mol. The van der Waals surface area contributed by atoms with Crippen molar-refractivity contribution >= 4 is 29.5 Å². The van der Waals surface area contributed by atoms with Crippen molar-refractivity contribution in [2.75, 3.05) is 37.4 Å². The number of unbranched alkanes of at least 4 members (excludes halogenated alkanes) is 1. The molecule has 118 valence electrons. The van der Waals surface area contributed by atoms with Gasteiger partial charge in [0.25, 0.3) is 0 Å². The minimum Gasteiger partial charge on any atom is -0.357 e. The largest absolute Gasteiger partial charge is 0.357 e. The fourth-order valence-corrected chi connectivity index (χ4v) is 3.03. The number of hydrogen-bond acceptors (Lipinski definition) is 3. The Balaban J connectivity index is 2.19. The summed E-state index contributed by atoms with van der Waals surface area (Å²) < 4.78 is 0. The highest BCUT2D eigenvalue weighted by molar-refractivity contribution is 7.99. The van der Waals surface area contributed by atoms with E-state index in [0.29, 0.717) is 0 Å².